The highest BCUT2D eigenvalue weighted by atomic mass is 19.1. The topological polar surface area (TPSA) is 35.5 Å². The van der Waals surface area contributed by atoms with Gasteiger partial charge < -0.3 is 9.47 Å². The lowest BCUT2D eigenvalue weighted by Crippen LogP contribution is -2.07. The Bertz CT molecular complexity index is 711. The molecule has 0 unspecified atom stereocenters. The number of aryl methyl sites for hydroxylation is 1. The van der Waals surface area contributed by atoms with Gasteiger partial charge in [-0.2, -0.15) is 0 Å². The molecule has 116 valence electrons. The summed E-state index contributed by atoms with van der Waals surface area (Å²) in [6.45, 7) is 1.67. The summed E-state index contributed by atoms with van der Waals surface area (Å²) >= 11 is 0. The van der Waals surface area contributed by atoms with Crippen molar-refractivity contribution in [2.75, 3.05) is 14.2 Å². The van der Waals surface area contributed by atoms with E-state index in [9.17, 15) is 13.6 Å². The Morgan fingerprint density at radius 3 is 2.50 bits per heavy atom. The summed E-state index contributed by atoms with van der Waals surface area (Å²) in [5, 5.41) is 0. The quantitative estimate of drug-likeness (QED) is 0.809. The lowest BCUT2D eigenvalue weighted by molar-refractivity contribution is 0.0595. The SMILES string of the molecule is COC(=O)c1cc(Cc2cccc(C)c2F)c(OC)cc1F. The Morgan fingerprint density at radius 1 is 1.14 bits per heavy atom. The number of carbonyl (C=O) groups excluding carboxylic acids is 1. The minimum atomic E-state index is -0.786. The van der Waals surface area contributed by atoms with Crippen LogP contribution in [0.2, 0.25) is 0 Å². The highest BCUT2D eigenvalue weighted by molar-refractivity contribution is 5.90. The number of benzene rings is 2. The monoisotopic (exact) mass is 306 g/mol. The molecule has 0 heterocycles. The van der Waals surface area contributed by atoms with Crippen LogP contribution in [-0.2, 0) is 11.2 Å². The first-order chi connectivity index (χ1) is 10.5. The first-order valence-electron chi connectivity index (χ1n) is 6.66. The molecule has 0 atom stereocenters. The van der Waals surface area contributed by atoms with Crippen LogP contribution in [0.3, 0.4) is 0 Å². The third-order valence-corrected chi connectivity index (χ3v) is 3.43. The maximum Gasteiger partial charge on any atom is 0.340 e. The number of hydrogen-bond donors (Lipinski definition) is 0. The van der Waals surface area contributed by atoms with E-state index in [-0.39, 0.29) is 23.6 Å². The van der Waals surface area contributed by atoms with E-state index in [1.807, 2.05) is 0 Å². The summed E-state index contributed by atoms with van der Waals surface area (Å²) in [7, 11) is 2.56. The molecular weight excluding hydrogens is 290 g/mol. The number of rotatable bonds is 4. The molecule has 0 spiro atoms. The van der Waals surface area contributed by atoms with Crippen molar-refractivity contribution in [3.63, 3.8) is 0 Å². The van der Waals surface area contributed by atoms with E-state index in [1.165, 1.54) is 20.3 Å². The fourth-order valence-electron chi connectivity index (χ4n) is 2.24. The van der Waals surface area contributed by atoms with Gasteiger partial charge in [0.15, 0.2) is 0 Å². The average molecular weight is 306 g/mol. The number of carbonyl (C=O) groups is 1. The van der Waals surface area contributed by atoms with Gasteiger partial charge >= 0.3 is 5.97 Å². The first-order valence-corrected chi connectivity index (χ1v) is 6.66. The second-order valence-corrected chi connectivity index (χ2v) is 4.86. The fourth-order valence-corrected chi connectivity index (χ4v) is 2.24. The van der Waals surface area contributed by atoms with E-state index in [0.717, 1.165) is 6.07 Å². The molecule has 2 rings (SSSR count). The second kappa shape index (κ2) is 6.56. The molecular formula is C17H16F2O3. The molecule has 0 aliphatic heterocycles. The predicted molar refractivity (Wildman–Crippen MR) is 78.2 cm³/mol. The zero-order chi connectivity index (χ0) is 16.3. The molecule has 0 fully saturated rings. The van der Waals surface area contributed by atoms with Crippen LogP contribution in [0.1, 0.15) is 27.0 Å². The van der Waals surface area contributed by atoms with Crippen LogP contribution in [0.25, 0.3) is 0 Å². The number of halogens is 2. The van der Waals surface area contributed by atoms with E-state index in [1.54, 1.807) is 25.1 Å². The average Bonchev–Trinajstić information content (AvgIpc) is 2.52. The van der Waals surface area contributed by atoms with Gasteiger partial charge in [-0.25, -0.2) is 13.6 Å². The van der Waals surface area contributed by atoms with Crippen molar-refractivity contribution < 1.29 is 23.0 Å². The van der Waals surface area contributed by atoms with Gasteiger partial charge in [0.1, 0.15) is 17.4 Å². The standard InChI is InChI=1S/C17H16F2O3/c1-10-5-4-6-11(16(10)19)7-12-8-13(17(20)22-3)14(18)9-15(12)21-2/h4-6,8-9H,7H2,1-3H3. The molecule has 0 amide bonds. The van der Waals surface area contributed by atoms with Gasteiger partial charge in [0, 0.05) is 12.5 Å². The number of esters is 1. The van der Waals surface area contributed by atoms with Crippen LogP contribution in [-0.4, -0.2) is 20.2 Å². The molecule has 2 aromatic carbocycles. The Morgan fingerprint density at radius 2 is 1.86 bits per heavy atom. The highest BCUT2D eigenvalue weighted by Gasteiger charge is 2.18. The number of methoxy groups -OCH3 is 2. The van der Waals surface area contributed by atoms with Gasteiger partial charge in [-0.1, -0.05) is 18.2 Å². The van der Waals surface area contributed by atoms with Crippen LogP contribution in [0.15, 0.2) is 30.3 Å². The summed E-state index contributed by atoms with van der Waals surface area (Å²) in [6, 6.07) is 7.49. The third kappa shape index (κ3) is 3.08. The molecule has 0 saturated heterocycles. The first kappa shape index (κ1) is 15.9. The normalized spacial score (nSPS) is 10.4. The summed E-state index contributed by atoms with van der Waals surface area (Å²) in [5.41, 5.74) is 1.27. The second-order valence-electron chi connectivity index (χ2n) is 4.86. The van der Waals surface area contributed by atoms with Crippen molar-refractivity contribution in [1.29, 1.82) is 0 Å². The lowest BCUT2D eigenvalue weighted by atomic mass is 9.99. The van der Waals surface area contributed by atoms with E-state index in [4.69, 9.17) is 4.74 Å². The molecule has 3 nitrogen and oxygen atoms in total. The summed E-state index contributed by atoms with van der Waals surface area (Å²) in [5.74, 6) is -1.59. The smallest absolute Gasteiger partial charge is 0.340 e. The molecule has 0 radical (unpaired) electrons. The fraction of sp³-hybridized carbons (Fsp3) is 0.235. The molecule has 22 heavy (non-hydrogen) atoms. The van der Waals surface area contributed by atoms with Crippen LogP contribution in [0.5, 0.6) is 5.75 Å². The molecule has 0 N–H and O–H groups in total. The van der Waals surface area contributed by atoms with Crippen LogP contribution < -0.4 is 4.74 Å². The Hall–Kier alpha value is -2.43. The van der Waals surface area contributed by atoms with Crippen LogP contribution in [0, 0.1) is 18.6 Å². The summed E-state index contributed by atoms with van der Waals surface area (Å²) in [4.78, 5) is 11.6. The van der Waals surface area contributed by atoms with Gasteiger partial charge in [-0.15, -0.1) is 0 Å². The number of ether oxygens (including phenoxy) is 2. The van der Waals surface area contributed by atoms with Gasteiger partial charge in [0.25, 0.3) is 0 Å². The Balaban J connectivity index is 2.49. The molecule has 2 aromatic rings. The van der Waals surface area contributed by atoms with E-state index < -0.39 is 11.8 Å². The largest absolute Gasteiger partial charge is 0.496 e. The molecule has 5 heteroatoms. The lowest BCUT2D eigenvalue weighted by Gasteiger charge is -2.12. The number of hydrogen-bond acceptors (Lipinski definition) is 3. The van der Waals surface area contributed by atoms with Crippen molar-refractivity contribution >= 4 is 5.97 Å². The summed E-state index contributed by atoms with van der Waals surface area (Å²) < 4.78 is 37.7. The summed E-state index contributed by atoms with van der Waals surface area (Å²) in [6.07, 6.45) is 0.182. The molecule has 0 aliphatic carbocycles. The maximum absolute atomic E-state index is 14.1. The Labute approximate surface area is 127 Å². The molecule has 0 aliphatic rings. The molecule has 0 aromatic heterocycles. The van der Waals surface area contributed by atoms with Gasteiger partial charge in [0.05, 0.1) is 19.8 Å². The maximum atomic E-state index is 14.1. The van der Waals surface area contributed by atoms with Crippen molar-refractivity contribution in [2.24, 2.45) is 0 Å². The highest BCUT2D eigenvalue weighted by Crippen LogP contribution is 2.27. The third-order valence-electron chi connectivity index (χ3n) is 3.43. The van der Waals surface area contributed by atoms with E-state index in [2.05, 4.69) is 4.74 Å². The van der Waals surface area contributed by atoms with Gasteiger partial charge in [0.2, 0.25) is 0 Å². The van der Waals surface area contributed by atoms with Crippen LogP contribution >= 0.6 is 0 Å². The van der Waals surface area contributed by atoms with Crippen molar-refractivity contribution in [3.05, 3.63) is 64.2 Å². The minimum absolute atomic E-state index is 0.182. The zero-order valence-corrected chi connectivity index (χ0v) is 12.6. The molecule has 0 saturated carbocycles. The van der Waals surface area contributed by atoms with Crippen molar-refractivity contribution in [1.82, 2.24) is 0 Å². The van der Waals surface area contributed by atoms with Crippen LogP contribution in [0.4, 0.5) is 8.78 Å². The van der Waals surface area contributed by atoms with Crippen molar-refractivity contribution in [3.8, 4) is 5.75 Å². The van der Waals surface area contributed by atoms with Crippen molar-refractivity contribution in [2.45, 2.75) is 13.3 Å². The zero-order valence-electron chi connectivity index (χ0n) is 12.6. The predicted octanol–water partition coefficient (Wildman–Crippen LogP) is 3.66. The minimum Gasteiger partial charge on any atom is -0.496 e. The van der Waals surface area contributed by atoms with E-state index >= 15 is 0 Å². The van der Waals surface area contributed by atoms with Gasteiger partial charge in [-0.3, -0.25) is 0 Å². The van der Waals surface area contributed by atoms with Gasteiger partial charge in [-0.05, 0) is 29.7 Å². The Kier molecular flexibility index (Phi) is 4.75. The molecule has 0 bridgehead atoms. The van der Waals surface area contributed by atoms with E-state index in [0.29, 0.717) is 16.7 Å².